The van der Waals surface area contributed by atoms with Crippen LogP contribution in [0.4, 0.5) is 0 Å². The van der Waals surface area contributed by atoms with E-state index in [2.05, 4.69) is 0 Å². The number of fused-ring (bicyclic) bond motifs is 1. The largest absolute Gasteiger partial charge is 0.480 e. The molecule has 17 heavy (non-hydrogen) atoms. The van der Waals surface area contributed by atoms with Crippen molar-refractivity contribution in [1.29, 1.82) is 0 Å². The summed E-state index contributed by atoms with van der Waals surface area (Å²) in [6, 6.07) is 7.83. The SMILES string of the molecule is NC(C(=O)O)(c1csc2ccccc12)C1CC1. The lowest BCUT2D eigenvalue weighted by Crippen LogP contribution is -2.46. The lowest BCUT2D eigenvalue weighted by Gasteiger charge is -2.24. The molecule has 1 atom stereocenters. The predicted octanol–water partition coefficient (Wildman–Crippen LogP) is 2.55. The first-order chi connectivity index (χ1) is 8.14. The van der Waals surface area contributed by atoms with E-state index in [9.17, 15) is 9.90 Å². The molecule has 1 heterocycles. The molecule has 88 valence electrons. The van der Waals surface area contributed by atoms with E-state index >= 15 is 0 Å². The first-order valence-corrected chi connectivity index (χ1v) is 6.51. The maximum Gasteiger partial charge on any atom is 0.328 e. The second kappa shape index (κ2) is 3.55. The van der Waals surface area contributed by atoms with Crippen molar-refractivity contribution in [2.24, 2.45) is 11.7 Å². The highest BCUT2D eigenvalue weighted by molar-refractivity contribution is 7.17. The average molecular weight is 247 g/mol. The van der Waals surface area contributed by atoms with Crippen molar-refractivity contribution in [3.05, 3.63) is 35.2 Å². The zero-order valence-electron chi connectivity index (χ0n) is 9.22. The number of rotatable bonds is 3. The van der Waals surface area contributed by atoms with Crippen LogP contribution in [0.3, 0.4) is 0 Å². The molecule has 0 saturated heterocycles. The van der Waals surface area contributed by atoms with Crippen LogP contribution in [0.2, 0.25) is 0 Å². The van der Waals surface area contributed by atoms with Crippen LogP contribution in [-0.2, 0) is 10.3 Å². The van der Waals surface area contributed by atoms with Crippen molar-refractivity contribution in [2.75, 3.05) is 0 Å². The van der Waals surface area contributed by atoms with Gasteiger partial charge in [0.2, 0.25) is 0 Å². The van der Waals surface area contributed by atoms with Gasteiger partial charge in [0.1, 0.15) is 5.54 Å². The van der Waals surface area contributed by atoms with Gasteiger partial charge in [-0.05, 0) is 35.6 Å². The minimum absolute atomic E-state index is 0.0815. The van der Waals surface area contributed by atoms with Crippen molar-refractivity contribution in [3.63, 3.8) is 0 Å². The number of hydrogen-bond acceptors (Lipinski definition) is 3. The first kappa shape index (κ1) is 10.7. The zero-order chi connectivity index (χ0) is 12.0. The summed E-state index contributed by atoms with van der Waals surface area (Å²) in [5.41, 5.74) is 5.75. The molecule has 1 aromatic heterocycles. The standard InChI is InChI=1S/C13H13NO2S/c14-13(12(15)16,8-5-6-8)10-7-17-11-4-2-1-3-9(10)11/h1-4,7-8H,5-6,14H2,(H,15,16). The van der Waals surface area contributed by atoms with E-state index in [1.165, 1.54) is 0 Å². The second-order valence-electron chi connectivity index (χ2n) is 4.59. The molecule has 1 aliphatic carbocycles. The van der Waals surface area contributed by atoms with Crippen LogP contribution in [0.25, 0.3) is 10.1 Å². The summed E-state index contributed by atoms with van der Waals surface area (Å²) in [6.07, 6.45) is 1.82. The van der Waals surface area contributed by atoms with Gasteiger partial charge in [0.05, 0.1) is 0 Å². The number of carbonyl (C=O) groups is 1. The third-order valence-electron chi connectivity index (χ3n) is 3.50. The monoisotopic (exact) mass is 247 g/mol. The summed E-state index contributed by atoms with van der Waals surface area (Å²) in [7, 11) is 0. The van der Waals surface area contributed by atoms with Crippen LogP contribution in [-0.4, -0.2) is 11.1 Å². The highest BCUT2D eigenvalue weighted by atomic mass is 32.1. The Morgan fingerprint density at radius 2 is 2.12 bits per heavy atom. The Kier molecular flexibility index (Phi) is 2.24. The molecule has 1 aliphatic rings. The predicted molar refractivity (Wildman–Crippen MR) is 68.1 cm³/mol. The number of benzene rings is 1. The van der Waals surface area contributed by atoms with E-state index < -0.39 is 11.5 Å². The van der Waals surface area contributed by atoms with E-state index in [0.717, 1.165) is 28.5 Å². The Morgan fingerprint density at radius 3 is 2.76 bits per heavy atom. The highest BCUT2D eigenvalue weighted by Gasteiger charge is 2.50. The molecule has 3 nitrogen and oxygen atoms in total. The van der Waals surface area contributed by atoms with Crippen LogP contribution in [0.5, 0.6) is 0 Å². The Morgan fingerprint density at radius 1 is 1.41 bits per heavy atom. The summed E-state index contributed by atoms with van der Waals surface area (Å²) in [6.45, 7) is 0. The third-order valence-corrected chi connectivity index (χ3v) is 4.47. The second-order valence-corrected chi connectivity index (χ2v) is 5.51. The number of aliphatic carboxylic acids is 1. The molecule has 0 bridgehead atoms. The molecular formula is C13H13NO2S. The number of carboxylic acids is 1. The van der Waals surface area contributed by atoms with E-state index in [4.69, 9.17) is 5.73 Å². The maximum atomic E-state index is 11.5. The fraction of sp³-hybridized carbons (Fsp3) is 0.308. The molecular weight excluding hydrogens is 234 g/mol. The molecule has 3 N–H and O–H groups in total. The molecule has 0 amide bonds. The quantitative estimate of drug-likeness (QED) is 0.876. The van der Waals surface area contributed by atoms with Crippen molar-refractivity contribution in [2.45, 2.75) is 18.4 Å². The van der Waals surface area contributed by atoms with Crippen molar-refractivity contribution < 1.29 is 9.90 Å². The van der Waals surface area contributed by atoms with Crippen LogP contribution >= 0.6 is 11.3 Å². The van der Waals surface area contributed by atoms with Gasteiger partial charge in [0.25, 0.3) is 0 Å². The van der Waals surface area contributed by atoms with Gasteiger partial charge in [0, 0.05) is 10.3 Å². The summed E-state index contributed by atoms with van der Waals surface area (Å²) < 4.78 is 1.10. The Hall–Kier alpha value is -1.39. The fourth-order valence-electron chi connectivity index (χ4n) is 2.35. The lowest BCUT2D eigenvalue weighted by atomic mass is 9.86. The zero-order valence-corrected chi connectivity index (χ0v) is 10.0. The topological polar surface area (TPSA) is 63.3 Å². The maximum absolute atomic E-state index is 11.5. The molecule has 3 rings (SSSR count). The number of carboxylic acid groups (broad SMARTS) is 1. The third kappa shape index (κ3) is 1.48. The number of thiophene rings is 1. The van der Waals surface area contributed by atoms with Gasteiger partial charge in [-0.3, -0.25) is 0 Å². The van der Waals surface area contributed by atoms with Crippen molar-refractivity contribution >= 4 is 27.4 Å². The van der Waals surface area contributed by atoms with Gasteiger partial charge in [-0.25, -0.2) is 4.79 Å². The smallest absolute Gasteiger partial charge is 0.328 e. The molecule has 1 aromatic carbocycles. The van der Waals surface area contributed by atoms with Crippen LogP contribution in [0.15, 0.2) is 29.6 Å². The minimum Gasteiger partial charge on any atom is -0.480 e. The molecule has 1 fully saturated rings. The molecule has 1 saturated carbocycles. The van der Waals surface area contributed by atoms with Crippen LogP contribution < -0.4 is 5.73 Å². The molecule has 0 spiro atoms. The average Bonchev–Trinajstić information content (AvgIpc) is 3.08. The lowest BCUT2D eigenvalue weighted by molar-refractivity contribution is -0.144. The fourth-order valence-corrected chi connectivity index (χ4v) is 3.38. The number of nitrogens with two attached hydrogens (primary N) is 1. The van der Waals surface area contributed by atoms with E-state index in [0.29, 0.717) is 0 Å². The van der Waals surface area contributed by atoms with Gasteiger partial charge in [-0.15, -0.1) is 11.3 Å². The summed E-state index contributed by atoms with van der Waals surface area (Å²) >= 11 is 1.56. The van der Waals surface area contributed by atoms with Crippen molar-refractivity contribution in [3.8, 4) is 0 Å². The summed E-state index contributed by atoms with van der Waals surface area (Å²) in [5.74, 6) is -0.832. The Balaban J connectivity index is 2.22. The molecule has 2 aromatic rings. The van der Waals surface area contributed by atoms with E-state index in [1.807, 2.05) is 29.6 Å². The Labute approximate surface area is 103 Å². The van der Waals surface area contributed by atoms with E-state index in [1.54, 1.807) is 11.3 Å². The summed E-state index contributed by atoms with van der Waals surface area (Å²) in [5, 5.41) is 12.3. The highest BCUT2D eigenvalue weighted by Crippen LogP contribution is 2.47. The van der Waals surface area contributed by atoms with Gasteiger partial charge >= 0.3 is 5.97 Å². The summed E-state index contributed by atoms with van der Waals surface area (Å²) in [4.78, 5) is 11.5. The van der Waals surface area contributed by atoms with E-state index in [-0.39, 0.29) is 5.92 Å². The Bertz CT molecular complexity index is 588. The van der Waals surface area contributed by atoms with Crippen LogP contribution in [0.1, 0.15) is 18.4 Å². The van der Waals surface area contributed by atoms with Gasteiger partial charge in [-0.1, -0.05) is 18.2 Å². The van der Waals surface area contributed by atoms with Gasteiger partial charge < -0.3 is 10.8 Å². The van der Waals surface area contributed by atoms with Gasteiger partial charge in [0.15, 0.2) is 0 Å². The molecule has 4 heteroatoms. The first-order valence-electron chi connectivity index (χ1n) is 5.63. The normalized spacial score (nSPS) is 19.1. The molecule has 0 aliphatic heterocycles. The molecule has 1 unspecified atom stereocenters. The van der Waals surface area contributed by atoms with Crippen LogP contribution in [0, 0.1) is 5.92 Å². The minimum atomic E-state index is -1.21. The van der Waals surface area contributed by atoms with Gasteiger partial charge in [-0.2, -0.15) is 0 Å². The molecule has 0 radical (unpaired) electrons. The number of hydrogen-bond donors (Lipinski definition) is 2. The van der Waals surface area contributed by atoms with Crippen molar-refractivity contribution in [1.82, 2.24) is 0 Å².